The van der Waals surface area contributed by atoms with Gasteiger partial charge in [-0.15, -0.1) is 6.58 Å². The molecule has 0 bridgehead atoms. The molecule has 1 aromatic rings. The quantitative estimate of drug-likeness (QED) is 0.521. The van der Waals surface area contributed by atoms with E-state index < -0.39 is 24.0 Å². The number of halogens is 4. The van der Waals surface area contributed by atoms with Gasteiger partial charge in [-0.05, 0) is 61.6 Å². The van der Waals surface area contributed by atoms with Crippen LogP contribution in [0.4, 0.5) is 17.6 Å². The van der Waals surface area contributed by atoms with E-state index in [1.807, 2.05) is 6.08 Å². The first kappa shape index (κ1) is 15.9. The maximum absolute atomic E-state index is 13.7. The van der Waals surface area contributed by atoms with Crippen molar-refractivity contribution in [1.29, 1.82) is 0 Å². The van der Waals surface area contributed by atoms with Crippen LogP contribution in [0.3, 0.4) is 0 Å². The Labute approximate surface area is 121 Å². The van der Waals surface area contributed by atoms with E-state index in [-0.39, 0.29) is 5.92 Å². The monoisotopic (exact) mass is 302 g/mol. The third kappa shape index (κ3) is 3.99. The van der Waals surface area contributed by atoms with Gasteiger partial charge in [-0.1, -0.05) is 6.08 Å². The Morgan fingerprint density at radius 3 is 2.19 bits per heavy atom. The fraction of sp³-hybridized carbons (Fsp3) is 0.500. The second-order valence-corrected chi connectivity index (χ2v) is 5.43. The molecule has 0 saturated heterocycles. The third-order valence-electron chi connectivity index (χ3n) is 4.05. The molecule has 5 heteroatoms. The summed E-state index contributed by atoms with van der Waals surface area (Å²) in [4.78, 5) is 0. The Kier molecular flexibility index (Phi) is 5.26. The van der Waals surface area contributed by atoms with E-state index in [0.717, 1.165) is 44.2 Å². The number of rotatable bonds is 5. The normalized spacial score (nSPS) is 22.3. The van der Waals surface area contributed by atoms with Crippen LogP contribution in [-0.4, -0.2) is 6.61 Å². The summed E-state index contributed by atoms with van der Waals surface area (Å²) in [6.07, 6.45) is 6.49. The summed E-state index contributed by atoms with van der Waals surface area (Å²) < 4.78 is 55.5. The van der Waals surface area contributed by atoms with Crippen molar-refractivity contribution >= 4 is 0 Å². The van der Waals surface area contributed by atoms with Gasteiger partial charge < -0.3 is 4.74 Å². The lowest BCUT2D eigenvalue weighted by atomic mass is 9.77. The van der Waals surface area contributed by atoms with Crippen molar-refractivity contribution in [3.63, 3.8) is 0 Å². The second-order valence-electron chi connectivity index (χ2n) is 5.43. The lowest BCUT2D eigenvalue weighted by molar-refractivity contribution is -0.0546. The molecule has 1 aliphatic carbocycles. The van der Waals surface area contributed by atoms with Crippen molar-refractivity contribution < 1.29 is 22.3 Å². The van der Waals surface area contributed by atoms with E-state index in [1.165, 1.54) is 0 Å². The van der Waals surface area contributed by atoms with Crippen LogP contribution in [0.2, 0.25) is 0 Å². The number of hydrogen-bond acceptors (Lipinski definition) is 1. The van der Waals surface area contributed by atoms with E-state index in [0.29, 0.717) is 11.5 Å². The van der Waals surface area contributed by atoms with Gasteiger partial charge in [0.2, 0.25) is 0 Å². The number of ether oxygens (including phenoxy) is 1. The molecule has 0 heterocycles. The van der Waals surface area contributed by atoms with Gasteiger partial charge in [-0.2, -0.15) is 8.78 Å². The Hall–Kier alpha value is -1.52. The third-order valence-corrected chi connectivity index (χ3v) is 4.05. The molecule has 1 nitrogen and oxygen atoms in total. The first-order valence-electron chi connectivity index (χ1n) is 7.06. The molecule has 0 atom stereocenters. The van der Waals surface area contributed by atoms with Gasteiger partial charge in [0.05, 0.1) is 0 Å². The Balaban J connectivity index is 2.10. The number of allylic oxidation sites excluding steroid dienone is 1. The highest BCUT2D eigenvalue weighted by Crippen LogP contribution is 2.39. The van der Waals surface area contributed by atoms with Crippen LogP contribution in [-0.2, 0) is 0 Å². The van der Waals surface area contributed by atoms with Crippen molar-refractivity contribution in [2.75, 3.05) is 0 Å². The molecule has 0 radical (unpaired) electrons. The molecule has 0 amide bonds. The van der Waals surface area contributed by atoms with Gasteiger partial charge in [0.15, 0.2) is 17.4 Å². The van der Waals surface area contributed by atoms with Crippen LogP contribution in [0.25, 0.3) is 0 Å². The van der Waals surface area contributed by atoms with Crippen molar-refractivity contribution in [1.82, 2.24) is 0 Å². The lowest BCUT2D eigenvalue weighted by Crippen LogP contribution is -2.14. The summed E-state index contributed by atoms with van der Waals surface area (Å²) in [5.41, 5.74) is 0.517. The SMILES string of the molecule is C=CCC1CCC(c2cc(F)c(OC(F)F)c(F)c2)CC1. The fourth-order valence-electron chi connectivity index (χ4n) is 2.98. The first-order valence-corrected chi connectivity index (χ1v) is 7.06. The first-order chi connectivity index (χ1) is 10.0. The van der Waals surface area contributed by atoms with Crippen molar-refractivity contribution in [3.8, 4) is 5.75 Å². The van der Waals surface area contributed by atoms with E-state index in [4.69, 9.17) is 0 Å². The summed E-state index contributed by atoms with van der Waals surface area (Å²) in [5.74, 6) is -2.50. The predicted molar refractivity (Wildman–Crippen MR) is 72.5 cm³/mol. The van der Waals surface area contributed by atoms with Crippen LogP contribution in [0.1, 0.15) is 43.6 Å². The predicted octanol–water partition coefficient (Wildman–Crippen LogP) is 5.42. The summed E-state index contributed by atoms with van der Waals surface area (Å²) in [5, 5.41) is 0. The molecule has 0 aliphatic heterocycles. The minimum absolute atomic E-state index is 0.0654. The summed E-state index contributed by atoms with van der Waals surface area (Å²) in [7, 11) is 0. The van der Waals surface area contributed by atoms with Crippen molar-refractivity contribution in [2.24, 2.45) is 5.92 Å². The molecule has 21 heavy (non-hydrogen) atoms. The largest absolute Gasteiger partial charge is 0.429 e. The summed E-state index contributed by atoms with van der Waals surface area (Å²) >= 11 is 0. The van der Waals surface area contributed by atoms with Gasteiger partial charge in [-0.25, -0.2) is 8.78 Å². The maximum Gasteiger partial charge on any atom is 0.387 e. The molecule has 1 saturated carbocycles. The lowest BCUT2D eigenvalue weighted by Gasteiger charge is -2.28. The van der Waals surface area contributed by atoms with E-state index in [9.17, 15) is 17.6 Å². The van der Waals surface area contributed by atoms with E-state index >= 15 is 0 Å². The highest BCUT2D eigenvalue weighted by Gasteiger charge is 2.24. The topological polar surface area (TPSA) is 9.23 Å². The molecule has 0 N–H and O–H groups in total. The Bertz CT molecular complexity index is 470. The molecule has 0 spiro atoms. The van der Waals surface area contributed by atoms with Crippen LogP contribution in [0, 0.1) is 17.6 Å². The summed E-state index contributed by atoms with van der Waals surface area (Å²) in [6, 6.07) is 2.22. The minimum atomic E-state index is -3.24. The maximum atomic E-state index is 13.7. The molecule has 2 rings (SSSR count). The highest BCUT2D eigenvalue weighted by molar-refractivity contribution is 5.33. The van der Waals surface area contributed by atoms with E-state index in [1.54, 1.807) is 0 Å². The van der Waals surface area contributed by atoms with Gasteiger partial charge >= 0.3 is 6.61 Å². The molecular formula is C16H18F4O. The minimum Gasteiger partial charge on any atom is -0.429 e. The smallest absolute Gasteiger partial charge is 0.387 e. The van der Waals surface area contributed by atoms with Gasteiger partial charge in [0.25, 0.3) is 0 Å². The average molecular weight is 302 g/mol. The molecule has 1 aliphatic rings. The molecule has 116 valence electrons. The summed E-state index contributed by atoms with van der Waals surface area (Å²) in [6.45, 7) is 0.473. The van der Waals surface area contributed by atoms with Crippen LogP contribution in [0.5, 0.6) is 5.75 Å². The van der Waals surface area contributed by atoms with Gasteiger partial charge in [-0.3, -0.25) is 0 Å². The van der Waals surface area contributed by atoms with Gasteiger partial charge in [0.1, 0.15) is 0 Å². The van der Waals surface area contributed by atoms with E-state index in [2.05, 4.69) is 11.3 Å². The molecule has 1 fully saturated rings. The average Bonchev–Trinajstić information content (AvgIpc) is 2.43. The van der Waals surface area contributed by atoms with Crippen LogP contribution >= 0.6 is 0 Å². The Morgan fingerprint density at radius 1 is 1.14 bits per heavy atom. The zero-order chi connectivity index (χ0) is 15.4. The molecule has 0 aromatic heterocycles. The Morgan fingerprint density at radius 2 is 1.71 bits per heavy atom. The zero-order valence-corrected chi connectivity index (χ0v) is 11.6. The molecular weight excluding hydrogens is 284 g/mol. The number of alkyl halides is 2. The van der Waals surface area contributed by atoms with Crippen LogP contribution in [0.15, 0.2) is 24.8 Å². The standard InChI is InChI=1S/C16H18F4O/c1-2-3-10-4-6-11(7-5-10)12-8-13(17)15(14(18)9-12)21-16(19)20/h2,8-11,16H,1,3-7H2. The second kappa shape index (κ2) is 6.96. The zero-order valence-electron chi connectivity index (χ0n) is 11.6. The number of hydrogen-bond donors (Lipinski definition) is 0. The number of benzene rings is 1. The van der Waals surface area contributed by atoms with Crippen LogP contribution < -0.4 is 4.74 Å². The van der Waals surface area contributed by atoms with Crippen molar-refractivity contribution in [2.45, 2.75) is 44.6 Å². The molecule has 0 unspecified atom stereocenters. The fourth-order valence-corrected chi connectivity index (χ4v) is 2.98. The van der Waals surface area contributed by atoms with Gasteiger partial charge in [0, 0.05) is 0 Å². The van der Waals surface area contributed by atoms with Crippen molar-refractivity contribution in [3.05, 3.63) is 42.0 Å². The highest BCUT2D eigenvalue weighted by atomic mass is 19.3. The molecule has 1 aromatic carbocycles.